The van der Waals surface area contributed by atoms with E-state index in [2.05, 4.69) is 133 Å². The first-order chi connectivity index (χ1) is 26.5. The number of fused-ring (bicyclic) bond motifs is 3. The van der Waals surface area contributed by atoms with Crippen molar-refractivity contribution in [2.75, 3.05) is 0 Å². The highest BCUT2D eigenvalue weighted by Gasteiger charge is 2.34. The van der Waals surface area contributed by atoms with Crippen molar-refractivity contribution < 1.29 is 14.0 Å². The van der Waals surface area contributed by atoms with Gasteiger partial charge in [-0.25, -0.2) is 0 Å². The summed E-state index contributed by atoms with van der Waals surface area (Å²) < 4.78 is 21.3. The molecule has 0 aliphatic rings. The van der Waals surface area contributed by atoms with Crippen molar-refractivity contribution in [3.05, 3.63) is 124 Å². The van der Waals surface area contributed by atoms with Crippen LogP contribution in [0, 0.1) is 0 Å². The fraction of sp³-hybridized carbons (Fsp3) is 0.400. The average molecular weight is 721 g/mol. The maximum absolute atomic E-state index is 7.24. The molecule has 0 spiro atoms. The highest BCUT2D eigenvalue weighted by Crippen LogP contribution is 2.39. The third-order valence-electron chi connectivity index (χ3n) is 11.4. The molecule has 0 bridgehead atoms. The molecule has 0 heterocycles. The van der Waals surface area contributed by atoms with E-state index in [0.717, 1.165) is 84.8 Å². The molecule has 3 nitrogen and oxygen atoms in total. The fourth-order valence-corrected chi connectivity index (χ4v) is 8.51. The second-order valence-corrected chi connectivity index (χ2v) is 14.8. The average Bonchev–Trinajstić information content (AvgIpc) is 3.21. The number of rotatable bonds is 19. The lowest BCUT2D eigenvalue weighted by Gasteiger charge is -2.24. The van der Waals surface area contributed by atoms with Crippen LogP contribution in [-0.2, 0) is 44.9 Å². The number of benzene rings is 6. The molecular weight excluding hydrogens is 659 g/mol. The SMILES string of the molecule is CCCCCCCCc1cc(CC)c2c(CC)cccc2c1OB(Oc1ccc(CC)c2c(CC)cccc12)Oc1ccc(CC)c2c(CC)cccc12. The van der Waals surface area contributed by atoms with E-state index in [1.807, 2.05) is 0 Å². The van der Waals surface area contributed by atoms with E-state index in [4.69, 9.17) is 14.0 Å². The Morgan fingerprint density at radius 1 is 0.389 bits per heavy atom. The summed E-state index contributed by atoms with van der Waals surface area (Å²) in [6, 6.07) is 30.9. The van der Waals surface area contributed by atoms with Gasteiger partial charge in [0.25, 0.3) is 0 Å². The minimum atomic E-state index is -1.03. The second-order valence-electron chi connectivity index (χ2n) is 14.8. The molecule has 0 amide bonds. The molecule has 4 heteroatoms. The van der Waals surface area contributed by atoms with Gasteiger partial charge in [-0.15, -0.1) is 0 Å². The van der Waals surface area contributed by atoms with Crippen LogP contribution in [-0.4, -0.2) is 7.32 Å². The van der Waals surface area contributed by atoms with Crippen molar-refractivity contribution in [2.45, 2.75) is 132 Å². The monoisotopic (exact) mass is 720 g/mol. The molecule has 0 N–H and O–H groups in total. The van der Waals surface area contributed by atoms with Crippen LogP contribution in [0.15, 0.2) is 84.9 Å². The molecule has 6 aromatic carbocycles. The Morgan fingerprint density at radius 3 is 1.30 bits per heavy atom. The van der Waals surface area contributed by atoms with E-state index in [-0.39, 0.29) is 0 Å². The Kier molecular flexibility index (Phi) is 13.6. The Bertz CT molecular complexity index is 2070. The molecule has 0 aromatic heterocycles. The fourth-order valence-electron chi connectivity index (χ4n) is 8.51. The smallest absolute Gasteiger partial charge is 0.489 e. The highest BCUT2D eigenvalue weighted by atomic mass is 16.7. The van der Waals surface area contributed by atoms with Crippen molar-refractivity contribution in [1.29, 1.82) is 0 Å². The van der Waals surface area contributed by atoms with Crippen molar-refractivity contribution in [3.8, 4) is 17.2 Å². The zero-order valence-electron chi connectivity index (χ0n) is 34.1. The summed E-state index contributed by atoms with van der Waals surface area (Å²) in [6.45, 7) is 15.7. The van der Waals surface area contributed by atoms with Crippen molar-refractivity contribution in [3.63, 3.8) is 0 Å². The van der Waals surface area contributed by atoms with Gasteiger partial charge in [-0.2, -0.15) is 0 Å². The quantitative estimate of drug-likeness (QED) is 0.0616. The van der Waals surface area contributed by atoms with Crippen LogP contribution in [0.5, 0.6) is 17.2 Å². The van der Waals surface area contributed by atoms with Gasteiger partial charge in [-0.1, -0.05) is 153 Å². The molecule has 0 fully saturated rings. The normalized spacial score (nSPS) is 11.5. The van der Waals surface area contributed by atoms with Gasteiger partial charge >= 0.3 is 7.32 Å². The lowest BCUT2D eigenvalue weighted by molar-refractivity contribution is 0.310. The molecule has 0 radical (unpaired) electrons. The summed E-state index contributed by atoms with van der Waals surface area (Å²) in [4.78, 5) is 0. The molecule has 54 heavy (non-hydrogen) atoms. The van der Waals surface area contributed by atoms with Gasteiger partial charge in [0.1, 0.15) is 17.2 Å². The van der Waals surface area contributed by atoms with Crippen molar-refractivity contribution >= 4 is 39.6 Å². The van der Waals surface area contributed by atoms with E-state index < -0.39 is 7.32 Å². The first-order valence-corrected chi connectivity index (χ1v) is 21.1. The van der Waals surface area contributed by atoms with E-state index >= 15 is 0 Å². The van der Waals surface area contributed by atoms with Gasteiger partial charge in [0.15, 0.2) is 0 Å². The third-order valence-corrected chi connectivity index (χ3v) is 11.4. The number of hydrogen-bond acceptors (Lipinski definition) is 3. The zero-order chi connectivity index (χ0) is 38.0. The van der Waals surface area contributed by atoms with Crippen LogP contribution in [0.3, 0.4) is 0 Å². The predicted octanol–water partition coefficient (Wildman–Crippen LogP) is 13.9. The van der Waals surface area contributed by atoms with E-state index in [1.54, 1.807) is 0 Å². The molecule has 0 saturated heterocycles. The molecule has 0 aliphatic heterocycles. The Morgan fingerprint density at radius 2 is 0.815 bits per heavy atom. The van der Waals surface area contributed by atoms with Crippen LogP contribution in [0.25, 0.3) is 32.3 Å². The molecule has 6 aromatic rings. The van der Waals surface area contributed by atoms with E-state index in [0.29, 0.717) is 0 Å². The maximum Gasteiger partial charge on any atom is 0.864 e. The minimum absolute atomic E-state index is 0.771. The number of hydrogen-bond donors (Lipinski definition) is 0. The molecular formula is C50H61BO3. The van der Waals surface area contributed by atoms with Crippen LogP contribution in [0.1, 0.15) is 126 Å². The molecule has 282 valence electrons. The molecule has 0 aliphatic carbocycles. The van der Waals surface area contributed by atoms with Gasteiger partial charge < -0.3 is 14.0 Å². The highest BCUT2D eigenvalue weighted by molar-refractivity contribution is 6.40. The Labute approximate surface area is 325 Å². The second kappa shape index (κ2) is 18.7. The molecule has 6 rings (SSSR count). The molecule has 0 unspecified atom stereocenters. The topological polar surface area (TPSA) is 27.7 Å². The minimum Gasteiger partial charge on any atom is -0.489 e. The van der Waals surface area contributed by atoms with Crippen LogP contribution < -0.4 is 14.0 Å². The number of unbranched alkanes of at least 4 members (excludes halogenated alkanes) is 5. The van der Waals surface area contributed by atoms with Crippen molar-refractivity contribution in [2.24, 2.45) is 0 Å². The summed E-state index contributed by atoms with van der Waals surface area (Å²) in [5, 5.41) is 7.19. The molecule has 0 saturated carbocycles. The van der Waals surface area contributed by atoms with Gasteiger partial charge in [-0.05, 0) is 119 Å². The number of aryl methyl sites for hydroxylation is 7. The van der Waals surface area contributed by atoms with Gasteiger partial charge in [0, 0.05) is 16.2 Å². The van der Waals surface area contributed by atoms with Crippen molar-refractivity contribution in [1.82, 2.24) is 0 Å². The predicted molar refractivity (Wildman–Crippen MR) is 233 cm³/mol. The van der Waals surface area contributed by atoms with Gasteiger partial charge in [-0.3, -0.25) is 0 Å². The zero-order valence-corrected chi connectivity index (χ0v) is 34.1. The van der Waals surface area contributed by atoms with E-state index in [1.165, 1.54) is 87.2 Å². The lowest BCUT2D eigenvalue weighted by atomic mass is 9.91. The lowest BCUT2D eigenvalue weighted by Crippen LogP contribution is -2.37. The summed E-state index contributed by atoms with van der Waals surface area (Å²) in [7, 11) is -1.03. The van der Waals surface area contributed by atoms with Gasteiger partial charge in [0.2, 0.25) is 0 Å². The van der Waals surface area contributed by atoms with Crippen LogP contribution >= 0.6 is 0 Å². The Hall–Kier alpha value is -4.44. The first-order valence-electron chi connectivity index (χ1n) is 21.1. The Balaban J connectivity index is 1.51. The van der Waals surface area contributed by atoms with Crippen LogP contribution in [0.4, 0.5) is 0 Å². The summed E-state index contributed by atoms with van der Waals surface area (Å²) in [5.74, 6) is 2.42. The van der Waals surface area contributed by atoms with E-state index in [9.17, 15) is 0 Å². The standard InChI is InChI=1S/C50H61BO3/c1-8-15-16-17-18-19-23-41-34-40(14-7)49-37(11-4)26-22-29-44(49)50(41)54-51(52-45-32-30-38(12-5)47-35(9-2)24-20-27-42(45)47)53-46-33-31-39(13-6)48-36(10-3)25-21-28-43(46)48/h20-22,24-34H,8-19,23H2,1-7H3. The van der Waals surface area contributed by atoms with Crippen LogP contribution in [0.2, 0.25) is 0 Å². The third kappa shape index (κ3) is 8.29. The summed E-state index contributed by atoms with van der Waals surface area (Å²) in [6.07, 6.45) is 14.2. The maximum atomic E-state index is 7.24. The first kappa shape index (κ1) is 39.3. The summed E-state index contributed by atoms with van der Waals surface area (Å²) in [5.41, 5.74) is 9.29. The largest absolute Gasteiger partial charge is 0.864 e. The molecule has 0 atom stereocenters. The summed E-state index contributed by atoms with van der Waals surface area (Å²) >= 11 is 0. The van der Waals surface area contributed by atoms with Gasteiger partial charge in [0.05, 0.1) is 0 Å².